The molecule has 0 N–H and O–H groups in total. The van der Waals surface area contributed by atoms with Crippen molar-refractivity contribution in [1.82, 2.24) is 0 Å². The minimum absolute atomic E-state index is 0.0131. The number of fused-ring (bicyclic) bond motifs is 1. The highest BCUT2D eigenvalue weighted by Crippen LogP contribution is 2.35. The molecule has 1 heterocycles. The van der Waals surface area contributed by atoms with Gasteiger partial charge in [0.15, 0.2) is 17.3 Å². The van der Waals surface area contributed by atoms with Gasteiger partial charge in [0.05, 0.1) is 28.1 Å². The number of hydrogen-bond acceptors (Lipinski definition) is 7. The first-order valence-corrected chi connectivity index (χ1v) is 10.6. The van der Waals surface area contributed by atoms with Crippen LogP contribution in [0, 0.1) is 0 Å². The van der Waals surface area contributed by atoms with Crippen molar-refractivity contribution in [2.45, 2.75) is 6.92 Å². The zero-order chi connectivity index (χ0) is 24.4. The van der Waals surface area contributed by atoms with Crippen molar-refractivity contribution in [3.8, 4) is 28.6 Å². The number of carbonyl (C=O) groups excluding carboxylic acids is 2. The summed E-state index contributed by atoms with van der Waals surface area (Å²) in [5, 5.41) is 0.780. The van der Waals surface area contributed by atoms with Crippen LogP contribution in [0.15, 0.2) is 69.9 Å². The van der Waals surface area contributed by atoms with Gasteiger partial charge in [-0.2, -0.15) is 0 Å². The van der Waals surface area contributed by atoms with Crippen molar-refractivity contribution in [3.05, 3.63) is 86.5 Å². The maximum absolute atomic E-state index is 13.3. The fourth-order valence-electron chi connectivity index (χ4n) is 3.23. The molecule has 0 aliphatic rings. The van der Waals surface area contributed by atoms with E-state index in [-0.39, 0.29) is 39.0 Å². The number of rotatable bonds is 5. The number of halogens is 2. The summed E-state index contributed by atoms with van der Waals surface area (Å²) >= 11 is 12.2. The smallest absolute Gasteiger partial charge is 0.343 e. The summed E-state index contributed by atoms with van der Waals surface area (Å²) in [6.07, 6.45) is 0. The summed E-state index contributed by atoms with van der Waals surface area (Å²) in [5.41, 5.74) is 0.212. The van der Waals surface area contributed by atoms with Crippen LogP contribution in [0.5, 0.6) is 17.2 Å². The molecule has 0 atom stereocenters. The second-order valence-corrected chi connectivity index (χ2v) is 7.88. The van der Waals surface area contributed by atoms with Crippen LogP contribution in [-0.4, -0.2) is 19.0 Å². The van der Waals surface area contributed by atoms with Gasteiger partial charge in [-0.3, -0.25) is 9.59 Å². The zero-order valence-electron chi connectivity index (χ0n) is 17.9. The second-order valence-electron chi connectivity index (χ2n) is 7.06. The molecule has 1 aromatic heterocycles. The summed E-state index contributed by atoms with van der Waals surface area (Å²) in [7, 11) is 1.36. The number of methoxy groups -OCH3 is 1. The van der Waals surface area contributed by atoms with E-state index in [0.29, 0.717) is 16.2 Å². The maximum Gasteiger partial charge on any atom is 0.343 e. The van der Waals surface area contributed by atoms with Crippen LogP contribution in [0.3, 0.4) is 0 Å². The van der Waals surface area contributed by atoms with E-state index < -0.39 is 17.4 Å². The number of carbonyl (C=O) groups is 2. The van der Waals surface area contributed by atoms with Crippen molar-refractivity contribution in [2.24, 2.45) is 0 Å². The first-order chi connectivity index (χ1) is 16.3. The molecule has 34 heavy (non-hydrogen) atoms. The summed E-state index contributed by atoms with van der Waals surface area (Å²) in [6.45, 7) is 1.24. The molecule has 0 aliphatic carbocycles. The molecule has 4 aromatic rings. The highest BCUT2D eigenvalue weighted by molar-refractivity contribution is 6.42. The monoisotopic (exact) mass is 498 g/mol. The molecular formula is C25H16Cl2O7. The quantitative estimate of drug-likeness (QED) is 0.249. The van der Waals surface area contributed by atoms with E-state index >= 15 is 0 Å². The predicted octanol–water partition coefficient (Wildman–Crippen LogP) is 5.92. The van der Waals surface area contributed by atoms with Gasteiger partial charge >= 0.3 is 11.9 Å². The molecule has 3 aromatic carbocycles. The van der Waals surface area contributed by atoms with Gasteiger partial charge in [-0.1, -0.05) is 35.3 Å². The number of hydrogen-bond donors (Lipinski definition) is 0. The molecule has 9 heteroatoms. The van der Waals surface area contributed by atoms with Crippen molar-refractivity contribution < 1.29 is 28.2 Å². The van der Waals surface area contributed by atoms with Gasteiger partial charge in [0.2, 0.25) is 11.2 Å². The molecule has 0 unspecified atom stereocenters. The Balaban J connectivity index is 1.81. The first-order valence-electron chi connectivity index (χ1n) is 9.88. The Kier molecular flexibility index (Phi) is 6.58. The van der Waals surface area contributed by atoms with E-state index in [9.17, 15) is 14.4 Å². The Bertz CT molecular complexity index is 1490. The summed E-state index contributed by atoms with van der Waals surface area (Å²) in [6, 6.07) is 15.3. The van der Waals surface area contributed by atoms with Gasteiger partial charge in [-0.25, -0.2) is 4.79 Å². The van der Waals surface area contributed by atoms with Crippen LogP contribution in [0.1, 0.15) is 17.3 Å². The predicted molar refractivity (Wildman–Crippen MR) is 127 cm³/mol. The third-order valence-corrected chi connectivity index (χ3v) is 5.52. The standard InChI is InChI=1S/C25H16Cl2O7/c1-13(28)32-20-10-8-15(12-21(20)31-2)25(30)34-24-22(29)16-5-3-4-6-19(16)33-23(24)14-7-9-17(26)18(27)11-14/h3-12H,1-2H3. The average molecular weight is 499 g/mol. The maximum atomic E-state index is 13.3. The van der Waals surface area contributed by atoms with E-state index in [2.05, 4.69) is 0 Å². The molecule has 0 radical (unpaired) electrons. The molecule has 0 spiro atoms. The lowest BCUT2D eigenvalue weighted by Crippen LogP contribution is -2.16. The van der Waals surface area contributed by atoms with Gasteiger partial charge in [0.25, 0.3) is 0 Å². The Morgan fingerprint density at radius 1 is 0.882 bits per heavy atom. The fourth-order valence-corrected chi connectivity index (χ4v) is 3.53. The highest BCUT2D eigenvalue weighted by atomic mass is 35.5. The van der Waals surface area contributed by atoms with E-state index in [1.165, 1.54) is 38.3 Å². The Morgan fingerprint density at radius 2 is 1.65 bits per heavy atom. The largest absolute Gasteiger partial charge is 0.493 e. The molecule has 0 aliphatic heterocycles. The van der Waals surface area contributed by atoms with Gasteiger partial charge < -0.3 is 18.6 Å². The highest BCUT2D eigenvalue weighted by Gasteiger charge is 2.23. The second kappa shape index (κ2) is 9.59. The topological polar surface area (TPSA) is 92.0 Å². The fraction of sp³-hybridized carbons (Fsp3) is 0.0800. The van der Waals surface area contributed by atoms with Crippen LogP contribution < -0.4 is 19.6 Å². The lowest BCUT2D eigenvalue weighted by Gasteiger charge is -2.12. The summed E-state index contributed by atoms with van der Waals surface area (Å²) in [5.74, 6) is -1.43. The Labute approximate surface area is 203 Å². The lowest BCUT2D eigenvalue weighted by molar-refractivity contribution is -0.132. The zero-order valence-corrected chi connectivity index (χ0v) is 19.4. The lowest BCUT2D eigenvalue weighted by atomic mass is 10.1. The first kappa shape index (κ1) is 23.4. The number of ether oxygens (including phenoxy) is 3. The van der Waals surface area contributed by atoms with Gasteiger partial charge in [0, 0.05) is 12.5 Å². The molecule has 172 valence electrons. The molecule has 0 bridgehead atoms. The van der Waals surface area contributed by atoms with Crippen LogP contribution >= 0.6 is 23.2 Å². The van der Waals surface area contributed by atoms with Crippen LogP contribution in [0.4, 0.5) is 0 Å². The minimum atomic E-state index is -0.850. The molecular weight excluding hydrogens is 483 g/mol. The van der Waals surface area contributed by atoms with Crippen molar-refractivity contribution in [1.29, 1.82) is 0 Å². The van der Waals surface area contributed by atoms with E-state index in [1.54, 1.807) is 36.4 Å². The molecule has 7 nitrogen and oxygen atoms in total. The van der Waals surface area contributed by atoms with Crippen LogP contribution in [-0.2, 0) is 4.79 Å². The SMILES string of the molecule is COc1cc(C(=O)Oc2c(-c3ccc(Cl)c(Cl)c3)oc3ccccc3c2=O)ccc1OC(C)=O. The third kappa shape index (κ3) is 4.62. The van der Waals surface area contributed by atoms with E-state index in [0.717, 1.165) is 0 Å². The molecule has 0 saturated carbocycles. The van der Waals surface area contributed by atoms with Gasteiger partial charge in [-0.15, -0.1) is 0 Å². The summed E-state index contributed by atoms with van der Waals surface area (Å²) < 4.78 is 21.7. The normalized spacial score (nSPS) is 10.7. The molecule has 0 amide bonds. The van der Waals surface area contributed by atoms with E-state index in [4.69, 9.17) is 41.8 Å². The van der Waals surface area contributed by atoms with Gasteiger partial charge in [-0.05, 0) is 48.5 Å². The third-order valence-electron chi connectivity index (χ3n) is 4.79. The molecule has 0 fully saturated rings. The van der Waals surface area contributed by atoms with Crippen molar-refractivity contribution in [2.75, 3.05) is 7.11 Å². The van der Waals surface area contributed by atoms with Gasteiger partial charge in [0.1, 0.15) is 5.58 Å². The number of para-hydroxylation sites is 1. The summed E-state index contributed by atoms with van der Waals surface area (Å²) in [4.78, 5) is 37.5. The number of esters is 2. The van der Waals surface area contributed by atoms with Crippen molar-refractivity contribution >= 4 is 46.1 Å². The minimum Gasteiger partial charge on any atom is -0.493 e. The molecule has 0 saturated heterocycles. The van der Waals surface area contributed by atoms with Crippen LogP contribution in [0.2, 0.25) is 10.0 Å². The van der Waals surface area contributed by atoms with Crippen molar-refractivity contribution in [3.63, 3.8) is 0 Å². The van der Waals surface area contributed by atoms with Crippen LogP contribution in [0.25, 0.3) is 22.3 Å². The van der Waals surface area contributed by atoms with E-state index in [1.807, 2.05) is 0 Å². The average Bonchev–Trinajstić information content (AvgIpc) is 2.82. The Hall–Kier alpha value is -3.81. The number of benzene rings is 3. The molecule has 4 rings (SSSR count). The Morgan fingerprint density at radius 3 is 2.35 bits per heavy atom.